The lowest BCUT2D eigenvalue weighted by molar-refractivity contribution is -0.0860. The van der Waals surface area contributed by atoms with Gasteiger partial charge in [-0.15, -0.1) is 0 Å². The Labute approximate surface area is 229 Å². The van der Waals surface area contributed by atoms with Crippen LogP contribution in [0.3, 0.4) is 0 Å². The number of hydrogen-bond donors (Lipinski definition) is 2. The van der Waals surface area contributed by atoms with Crippen LogP contribution in [-0.2, 0) is 34.8 Å². The van der Waals surface area contributed by atoms with Gasteiger partial charge in [0.25, 0.3) is 0 Å². The van der Waals surface area contributed by atoms with E-state index in [1.807, 2.05) is 12.1 Å². The zero-order chi connectivity index (χ0) is 27.4. The lowest BCUT2D eigenvalue weighted by Gasteiger charge is -2.14. The second-order valence-electron chi connectivity index (χ2n) is 8.95. The van der Waals surface area contributed by atoms with Crippen molar-refractivity contribution in [1.29, 1.82) is 0 Å². The Morgan fingerprint density at radius 2 is 1.03 bits per heavy atom. The molecule has 1 atom stereocenters. The number of ether oxygens (including phenoxy) is 7. The molecule has 2 N–H and O–H groups in total. The molecule has 1 aromatic rings. The standard InChI is InChI=1S/C29H52O9/c1-2-3-4-5-6-7-8-9-27-10-12-28(13-11-27)38-29(31)26-37-25-24-36-23-22-35-21-20-34-19-18-33-17-16-32-15-14-30/h10-13,29-31H,2-9,14-26H2,1H3. The van der Waals surface area contributed by atoms with Crippen LogP contribution in [0, 0.1) is 0 Å². The number of aryl methyl sites for hydroxylation is 1. The molecule has 0 bridgehead atoms. The van der Waals surface area contributed by atoms with Gasteiger partial charge in [0.15, 0.2) is 0 Å². The number of aliphatic hydroxyl groups is 2. The summed E-state index contributed by atoms with van der Waals surface area (Å²) in [5, 5.41) is 18.6. The van der Waals surface area contributed by atoms with Gasteiger partial charge in [0.05, 0.1) is 79.3 Å². The summed E-state index contributed by atoms with van der Waals surface area (Å²) in [5.41, 5.74) is 1.30. The number of aliphatic hydroxyl groups excluding tert-OH is 2. The maximum atomic E-state index is 10.0. The van der Waals surface area contributed by atoms with Crippen molar-refractivity contribution >= 4 is 0 Å². The molecule has 1 rings (SSSR count). The first-order valence-electron chi connectivity index (χ1n) is 14.3. The van der Waals surface area contributed by atoms with Crippen molar-refractivity contribution in [2.45, 2.75) is 64.6 Å². The highest BCUT2D eigenvalue weighted by Gasteiger charge is 2.06. The minimum atomic E-state index is -1.02. The van der Waals surface area contributed by atoms with E-state index < -0.39 is 6.29 Å². The molecular weight excluding hydrogens is 492 g/mol. The Morgan fingerprint density at radius 1 is 0.579 bits per heavy atom. The highest BCUT2D eigenvalue weighted by Crippen LogP contribution is 2.16. The van der Waals surface area contributed by atoms with Gasteiger partial charge in [0.2, 0.25) is 6.29 Å². The molecule has 0 saturated heterocycles. The van der Waals surface area contributed by atoms with Crippen molar-refractivity contribution in [3.8, 4) is 5.75 Å². The van der Waals surface area contributed by atoms with Gasteiger partial charge in [-0.25, -0.2) is 0 Å². The first kappa shape index (κ1) is 34.7. The molecule has 1 aromatic carbocycles. The van der Waals surface area contributed by atoms with Gasteiger partial charge in [-0.2, -0.15) is 0 Å². The van der Waals surface area contributed by atoms with Crippen LogP contribution in [0.5, 0.6) is 5.75 Å². The second kappa shape index (κ2) is 27.3. The van der Waals surface area contributed by atoms with Crippen molar-refractivity contribution in [2.75, 3.05) is 85.9 Å². The number of rotatable bonds is 29. The van der Waals surface area contributed by atoms with Crippen LogP contribution in [0.2, 0.25) is 0 Å². The highest BCUT2D eigenvalue weighted by molar-refractivity contribution is 5.27. The third-order valence-corrected chi connectivity index (χ3v) is 5.62. The van der Waals surface area contributed by atoms with Crippen molar-refractivity contribution in [3.05, 3.63) is 29.8 Å². The maximum Gasteiger partial charge on any atom is 0.221 e. The van der Waals surface area contributed by atoms with Gasteiger partial charge in [0, 0.05) is 0 Å². The summed E-state index contributed by atoms with van der Waals surface area (Å²) < 4.78 is 37.6. The normalized spacial score (nSPS) is 12.2. The molecule has 0 amide bonds. The molecule has 38 heavy (non-hydrogen) atoms. The Balaban J connectivity index is 1.86. The first-order valence-corrected chi connectivity index (χ1v) is 14.3. The van der Waals surface area contributed by atoms with Crippen molar-refractivity contribution in [3.63, 3.8) is 0 Å². The van der Waals surface area contributed by atoms with E-state index in [1.54, 1.807) is 0 Å². The largest absolute Gasteiger partial charge is 0.463 e. The van der Waals surface area contributed by atoms with Crippen LogP contribution in [0.4, 0.5) is 0 Å². The molecule has 0 radical (unpaired) electrons. The van der Waals surface area contributed by atoms with E-state index in [1.165, 1.54) is 50.5 Å². The lowest BCUT2D eigenvalue weighted by atomic mass is 10.0. The van der Waals surface area contributed by atoms with Crippen molar-refractivity contribution < 1.29 is 43.4 Å². The van der Waals surface area contributed by atoms with Crippen LogP contribution in [0.15, 0.2) is 24.3 Å². The predicted octanol–water partition coefficient (Wildman–Crippen LogP) is 3.77. The van der Waals surface area contributed by atoms with E-state index in [0.717, 1.165) is 6.42 Å². The summed E-state index contributed by atoms with van der Waals surface area (Å²) in [4.78, 5) is 0. The fourth-order valence-electron chi connectivity index (χ4n) is 3.56. The van der Waals surface area contributed by atoms with Crippen LogP contribution < -0.4 is 4.74 Å². The monoisotopic (exact) mass is 544 g/mol. The summed E-state index contributed by atoms with van der Waals surface area (Å²) in [6.45, 7) is 7.34. The SMILES string of the molecule is CCCCCCCCCc1ccc(OC(O)COCCOCCOCCOCCOCCOCCO)cc1. The van der Waals surface area contributed by atoms with Crippen LogP contribution >= 0.6 is 0 Å². The zero-order valence-corrected chi connectivity index (χ0v) is 23.5. The lowest BCUT2D eigenvalue weighted by Crippen LogP contribution is -2.23. The molecule has 9 heteroatoms. The minimum absolute atomic E-state index is 0.0246. The maximum absolute atomic E-state index is 10.0. The Kier molecular flexibility index (Phi) is 24.9. The minimum Gasteiger partial charge on any atom is -0.463 e. The quantitative estimate of drug-likeness (QED) is 0.115. The molecule has 1 unspecified atom stereocenters. The number of hydrogen-bond acceptors (Lipinski definition) is 9. The van der Waals surface area contributed by atoms with Crippen LogP contribution in [0.25, 0.3) is 0 Å². The Bertz CT molecular complexity index is 600. The van der Waals surface area contributed by atoms with Gasteiger partial charge >= 0.3 is 0 Å². The molecule has 0 aliphatic rings. The van der Waals surface area contributed by atoms with Gasteiger partial charge in [-0.1, -0.05) is 57.6 Å². The van der Waals surface area contributed by atoms with E-state index in [4.69, 9.17) is 38.3 Å². The van der Waals surface area contributed by atoms with E-state index in [9.17, 15) is 5.11 Å². The van der Waals surface area contributed by atoms with Crippen LogP contribution in [0.1, 0.15) is 57.4 Å². The topological polar surface area (TPSA) is 105 Å². The predicted molar refractivity (Wildman–Crippen MR) is 147 cm³/mol. The Morgan fingerprint density at radius 3 is 1.53 bits per heavy atom. The van der Waals surface area contributed by atoms with Gasteiger partial charge < -0.3 is 43.4 Å². The summed E-state index contributed by atoms with van der Waals surface area (Å²) in [7, 11) is 0. The average molecular weight is 545 g/mol. The molecule has 0 spiro atoms. The van der Waals surface area contributed by atoms with E-state index in [-0.39, 0.29) is 13.2 Å². The molecule has 0 aromatic heterocycles. The Hall–Kier alpha value is -1.30. The summed E-state index contributed by atoms with van der Waals surface area (Å²) in [6.07, 6.45) is 9.24. The third kappa shape index (κ3) is 22.7. The van der Waals surface area contributed by atoms with Gasteiger partial charge in [-0.3, -0.25) is 0 Å². The molecule has 0 aliphatic carbocycles. The molecule has 0 fully saturated rings. The smallest absolute Gasteiger partial charge is 0.221 e. The summed E-state index contributed by atoms with van der Waals surface area (Å²) >= 11 is 0. The van der Waals surface area contributed by atoms with E-state index in [2.05, 4.69) is 19.1 Å². The average Bonchev–Trinajstić information content (AvgIpc) is 2.93. The molecule has 0 saturated carbocycles. The van der Waals surface area contributed by atoms with Crippen molar-refractivity contribution in [1.82, 2.24) is 0 Å². The van der Waals surface area contributed by atoms with Gasteiger partial charge in [-0.05, 0) is 30.5 Å². The molecule has 0 aliphatic heterocycles. The summed E-state index contributed by atoms with van der Waals surface area (Å²) in [5.74, 6) is 0.637. The molecule has 222 valence electrons. The zero-order valence-electron chi connectivity index (χ0n) is 23.5. The first-order chi connectivity index (χ1) is 18.8. The van der Waals surface area contributed by atoms with E-state index in [0.29, 0.717) is 78.4 Å². The number of unbranched alkanes of at least 4 members (excludes halogenated alkanes) is 6. The van der Waals surface area contributed by atoms with Crippen LogP contribution in [-0.4, -0.2) is 102 Å². The fraction of sp³-hybridized carbons (Fsp3) is 0.793. The second-order valence-corrected chi connectivity index (χ2v) is 8.95. The van der Waals surface area contributed by atoms with Crippen molar-refractivity contribution in [2.24, 2.45) is 0 Å². The van der Waals surface area contributed by atoms with Gasteiger partial charge in [0.1, 0.15) is 12.4 Å². The van der Waals surface area contributed by atoms with E-state index >= 15 is 0 Å². The molecule has 0 heterocycles. The fourth-order valence-corrected chi connectivity index (χ4v) is 3.56. The molecule has 9 nitrogen and oxygen atoms in total. The summed E-state index contributed by atoms with van der Waals surface area (Å²) in [6, 6.07) is 7.94. The third-order valence-electron chi connectivity index (χ3n) is 5.62. The highest BCUT2D eigenvalue weighted by atomic mass is 16.6. The molecular formula is C29H52O9. The number of benzene rings is 1.